The Morgan fingerprint density at radius 2 is 0.952 bits per heavy atom. The number of furan rings is 2. The van der Waals surface area contributed by atoms with Crippen LogP contribution in [0.5, 0.6) is 0 Å². The van der Waals surface area contributed by atoms with E-state index in [0.29, 0.717) is 22.9 Å². The second kappa shape index (κ2) is 12.9. The first-order chi connectivity index (χ1) is 30.8. The SMILES string of the molecule is CC1(C)c2cc(-c3ccc4oc5ccccc5c4c3)ccc2-c2ccc(-c3nc(-c4ccc(C56CC7CC(CC(C7)C5)C6)cc4)nc(-c4cccc5c4oc4ccccc45)n3)cc21. The first-order valence-electron chi connectivity index (χ1n) is 22.8. The lowest BCUT2D eigenvalue weighted by Crippen LogP contribution is -2.48. The first-order valence-corrected chi connectivity index (χ1v) is 22.8. The van der Waals surface area contributed by atoms with Gasteiger partial charge in [-0.2, -0.15) is 0 Å². The number of nitrogens with zero attached hydrogens (tertiary/aromatic N) is 3. The van der Waals surface area contributed by atoms with Gasteiger partial charge in [-0.15, -0.1) is 0 Å². The molecule has 3 heterocycles. The third-order valence-corrected chi connectivity index (χ3v) is 15.7. The number of para-hydroxylation sites is 3. The van der Waals surface area contributed by atoms with Crippen LogP contribution in [0.1, 0.15) is 69.1 Å². The fourth-order valence-corrected chi connectivity index (χ4v) is 13.1. The molecule has 304 valence electrons. The van der Waals surface area contributed by atoms with Crippen LogP contribution in [0.2, 0.25) is 0 Å². The van der Waals surface area contributed by atoms with E-state index < -0.39 is 0 Å². The fraction of sp³-hybridized carbons (Fsp3) is 0.224. The summed E-state index contributed by atoms with van der Waals surface area (Å²) in [5.74, 6) is 4.64. The Kier molecular flexibility index (Phi) is 7.29. The van der Waals surface area contributed by atoms with Gasteiger partial charge in [0.15, 0.2) is 17.5 Å². The van der Waals surface area contributed by atoms with Gasteiger partial charge in [0.25, 0.3) is 0 Å². The highest BCUT2D eigenvalue weighted by Gasteiger charge is 2.51. The summed E-state index contributed by atoms with van der Waals surface area (Å²) in [5, 5.41) is 4.43. The molecule has 0 saturated heterocycles. The predicted octanol–water partition coefficient (Wildman–Crippen LogP) is 15.1. The molecule has 5 nitrogen and oxygen atoms in total. The molecule has 0 N–H and O–H groups in total. The number of rotatable bonds is 5. The zero-order chi connectivity index (χ0) is 41.6. The van der Waals surface area contributed by atoms with Crippen LogP contribution in [0.15, 0.2) is 154 Å². The molecule has 0 amide bonds. The van der Waals surface area contributed by atoms with Crippen molar-refractivity contribution in [2.24, 2.45) is 17.8 Å². The van der Waals surface area contributed by atoms with E-state index in [1.165, 1.54) is 77.5 Å². The minimum Gasteiger partial charge on any atom is -0.456 e. The van der Waals surface area contributed by atoms with Gasteiger partial charge in [0.2, 0.25) is 0 Å². The van der Waals surface area contributed by atoms with Gasteiger partial charge in [0.1, 0.15) is 22.3 Å². The average molecular weight is 816 g/mol. The molecule has 63 heavy (non-hydrogen) atoms. The second-order valence-electron chi connectivity index (χ2n) is 19.8. The molecule has 7 aromatic carbocycles. The summed E-state index contributed by atoms with van der Waals surface area (Å²) in [6, 6.07) is 52.4. The summed E-state index contributed by atoms with van der Waals surface area (Å²) in [6.07, 6.45) is 8.37. The van der Waals surface area contributed by atoms with E-state index in [0.717, 1.165) is 78.3 Å². The molecule has 0 unspecified atom stereocenters. The van der Waals surface area contributed by atoms with Gasteiger partial charge >= 0.3 is 0 Å². The maximum absolute atomic E-state index is 6.56. The summed E-state index contributed by atoms with van der Waals surface area (Å²) in [5.41, 5.74) is 15.4. The van der Waals surface area contributed by atoms with Crippen LogP contribution < -0.4 is 0 Å². The standard InChI is InChI=1S/C58H45N3O2/c1-57(2)48-28-38(37-18-23-52-47(27-37)44-9-4-5-12-50(44)62-52)16-21-41(48)42-22-17-39(29-49(42)57)55-59-54(36-14-19-40(20-15-36)58-30-33-24-34(31-58)26-35(25-33)32-58)60-56(61-55)46-11-7-10-45-43-8-3-6-13-51(43)63-53(45)46/h3-23,27-29,33-35H,24-26,30-32H2,1-2H3. The molecule has 5 heteroatoms. The molecule has 0 radical (unpaired) electrons. The van der Waals surface area contributed by atoms with Crippen LogP contribution in [0, 0.1) is 17.8 Å². The van der Waals surface area contributed by atoms with Gasteiger partial charge in [-0.1, -0.05) is 117 Å². The van der Waals surface area contributed by atoms with Crippen molar-refractivity contribution < 1.29 is 8.83 Å². The molecule has 5 aliphatic carbocycles. The van der Waals surface area contributed by atoms with E-state index in [1.54, 1.807) is 0 Å². The molecule has 3 aromatic heterocycles. The molecule has 4 bridgehead atoms. The van der Waals surface area contributed by atoms with Crippen molar-refractivity contribution in [1.29, 1.82) is 0 Å². The smallest absolute Gasteiger partial charge is 0.167 e. The number of aromatic nitrogens is 3. The van der Waals surface area contributed by atoms with E-state index in [-0.39, 0.29) is 5.41 Å². The minimum absolute atomic E-state index is 0.255. The summed E-state index contributed by atoms with van der Waals surface area (Å²) in [6.45, 7) is 4.69. The molecule has 5 aliphatic rings. The van der Waals surface area contributed by atoms with Crippen molar-refractivity contribution in [1.82, 2.24) is 15.0 Å². The molecular weight excluding hydrogens is 771 g/mol. The number of benzene rings is 7. The summed E-state index contributed by atoms with van der Waals surface area (Å²) >= 11 is 0. The van der Waals surface area contributed by atoms with Gasteiger partial charge in [0, 0.05) is 38.1 Å². The van der Waals surface area contributed by atoms with Crippen molar-refractivity contribution in [3.8, 4) is 56.4 Å². The van der Waals surface area contributed by atoms with Crippen molar-refractivity contribution in [2.75, 3.05) is 0 Å². The Labute approximate surface area is 365 Å². The van der Waals surface area contributed by atoms with Gasteiger partial charge < -0.3 is 8.83 Å². The quantitative estimate of drug-likeness (QED) is 0.173. The minimum atomic E-state index is -0.255. The molecular formula is C58H45N3O2. The van der Waals surface area contributed by atoms with Crippen LogP contribution in [-0.4, -0.2) is 15.0 Å². The Hall–Kier alpha value is -6.85. The van der Waals surface area contributed by atoms with E-state index in [4.69, 9.17) is 23.8 Å². The summed E-state index contributed by atoms with van der Waals surface area (Å²) < 4.78 is 12.7. The van der Waals surface area contributed by atoms with Crippen molar-refractivity contribution in [3.05, 3.63) is 162 Å². The predicted molar refractivity (Wildman–Crippen MR) is 254 cm³/mol. The van der Waals surface area contributed by atoms with Crippen LogP contribution >= 0.6 is 0 Å². The molecule has 4 saturated carbocycles. The Morgan fingerprint density at radius 1 is 0.429 bits per heavy atom. The van der Waals surface area contributed by atoms with Gasteiger partial charge in [-0.3, -0.25) is 0 Å². The lowest BCUT2D eigenvalue weighted by molar-refractivity contribution is -0.00518. The lowest BCUT2D eigenvalue weighted by Gasteiger charge is -2.57. The normalized spacial score (nSPS) is 21.8. The van der Waals surface area contributed by atoms with E-state index >= 15 is 0 Å². The van der Waals surface area contributed by atoms with E-state index in [1.807, 2.05) is 24.3 Å². The number of hydrogen-bond donors (Lipinski definition) is 0. The number of hydrogen-bond acceptors (Lipinski definition) is 5. The Morgan fingerprint density at radius 3 is 1.67 bits per heavy atom. The monoisotopic (exact) mass is 815 g/mol. The third-order valence-electron chi connectivity index (χ3n) is 15.7. The lowest BCUT2D eigenvalue weighted by atomic mass is 9.48. The zero-order valence-corrected chi connectivity index (χ0v) is 35.5. The molecule has 10 aromatic rings. The topological polar surface area (TPSA) is 65.0 Å². The van der Waals surface area contributed by atoms with Crippen LogP contribution in [-0.2, 0) is 10.8 Å². The molecule has 0 atom stereocenters. The average Bonchev–Trinajstić information content (AvgIpc) is 3.95. The molecule has 4 fully saturated rings. The molecule has 0 spiro atoms. The van der Waals surface area contributed by atoms with Gasteiger partial charge in [-0.25, -0.2) is 15.0 Å². The van der Waals surface area contributed by atoms with Crippen molar-refractivity contribution >= 4 is 43.9 Å². The Balaban J connectivity index is 0.875. The maximum Gasteiger partial charge on any atom is 0.167 e. The summed E-state index contributed by atoms with van der Waals surface area (Å²) in [4.78, 5) is 15.9. The number of fused-ring (bicyclic) bond motifs is 9. The largest absolute Gasteiger partial charge is 0.456 e. The van der Waals surface area contributed by atoms with Crippen molar-refractivity contribution in [3.63, 3.8) is 0 Å². The maximum atomic E-state index is 6.56. The van der Waals surface area contributed by atoms with Crippen molar-refractivity contribution in [2.45, 2.75) is 63.2 Å². The van der Waals surface area contributed by atoms with Crippen LogP contribution in [0.3, 0.4) is 0 Å². The highest BCUT2D eigenvalue weighted by Crippen LogP contribution is 2.61. The second-order valence-corrected chi connectivity index (χ2v) is 19.8. The summed E-state index contributed by atoms with van der Waals surface area (Å²) in [7, 11) is 0. The molecule has 0 aliphatic heterocycles. The van der Waals surface area contributed by atoms with Crippen LogP contribution in [0.25, 0.3) is 100 Å². The molecule has 15 rings (SSSR count). The van der Waals surface area contributed by atoms with E-state index in [2.05, 4.69) is 135 Å². The van der Waals surface area contributed by atoms with Gasteiger partial charge in [-0.05, 0) is 143 Å². The third kappa shape index (κ3) is 5.32. The Bertz CT molecular complexity index is 3500. The first kappa shape index (κ1) is 35.7. The zero-order valence-electron chi connectivity index (χ0n) is 35.5. The van der Waals surface area contributed by atoms with Gasteiger partial charge in [0.05, 0.1) is 5.56 Å². The highest BCUT2D eigenvalue weighted by atomic mass is 16.3. The highest BCUT2D eigenvalue weighted by molar-refractivity contribution is 6.09. The fourth-order valence-electron chi connectivity index (χ4n) is 13.1. The van der Waals surface area contributed by atoms with Crippen LogP contribution in [0.4, 0.5) is 0 Å². The van der Waals surface area contributed by atoms with E-state index in [9.17, 15) is 0 Å².